The van der Waals surface area contributed by atoms with E-state index in [9.17, 15) is 34.8 Å². The lowest BCUT2D eigenvalue weighted by Crippen LogP contribution is -2.65. The molecule has 1 saturated carbocycles. The van der Waals surface area contributed by atoms with Gasteiger partial charge < -0.3 is 31.0 Å². The molecule has 0 saturated heterocycles. The number of hydroxylamine groups is 2. The fourth-order valence-electron chi connectivity index (χ4n) is 5.43. The summed E-state index contributed by atoms with van der Waals surface area (Å²) in [6.45, 7) is 1.97. The fraction of sp³-hybridized carbons (Fsp3) is 0.480. The third-order valence-corrected chi connectivity index (χ3v) is 7.14. The molecule has 1 amide bonds. The van der Waals surface area contributed by atoms with Crippen LogP contribution in [0.15, 0.2) is 57.8 Å². The standard InChI is InChI=1S/C25H33N3O8/c1-6-7-15(29)16-12(8-9-28(4)36-5)10-13-11-14-19(27(2)3)21(31)18(24(26)34)23(33)25(14,35)22(32)17(13)20(16)30/h6-8,13-14,19,29-30,33,35H,9-11H2,1-5H3,(H2,26,34)/b7-6-,12-8+,16-15-/t13-,14-,19-,25-/m0/s1. The van der Waals surface area contributed by atoms with Crippen molar-refractivity contribution in [1.29, 1.82) is 0 Å². The van der Waals surface area contributed by atoms with Crippen molar-refractivity contribution >= 4 is 17.5 Å². The number of aliphatic hydroxyl groups is 4. The number of nitrogens with two attached hydrogens (primary N) is 1. The van der Waals surface area contributed by atoms with Crippen LogP contribution in [0.1, 0.15) is 19.8 Å². The summed E-state index contributed by atoms with van der Waals surface area (Å²) < 4.78 is 0. The molecule has 36 heavy (non-hydrogen) atoms. The number of nitrogens with zero attached hydrogens (tertiary/aromatic N) is 2. The predicted molar refractivity (Wildman–Crippen MR) is 129 cm³/mol. The molecule has 11 nitrogen and oxygen atoms in total. The molecule has 0 bridgehead atoms. The first-order valence-electron chi connectivity index (χ1n) is 11.5. The molecule has 196 valence electrons. The summed E-state index contributed by atoms with van der Waals surface area (Å²) in [5, 5.41) is 46.0. The number of carbonyl (C=O) groups excluding carboxylic acids is 3. The van der Waals surface area contributed by atoms with Gasteiger partial charge in [0, 0.05) is 25.1 Å². The number of carbonyl (C=O) groups is 3. The van der Waals surface area contributed by atoms with Crippen LogP contribution in [0.25, 0.3) is 0 Å². The summed E-state index contributed by atoms with van der Waals surface area (Å²) in [6, 6.07) is -1.12. The van der Waals surface area contributed by atoms with Crippen molar-refractivity contribution in [3.63, 3.8) is 0 Å². The molecular formula is C25H33N3O8. The maximum Gasteiger partial charge on any atom is 0.255 e. The number of aliphatic hydroxyl groups excluding tert-OH is 3. The fourth-order valence-corrected chi connectivity index (χ4v) is 5.43. The molecule has 0 spiro atoms. The van der Waals surface area contributed by atoms with Gasteiger partial charge >= 0.3 is 0 Å². The van der Waals surface area contributed by atoms with Crippen molar-refractivity contribution in [1.82, 2.24) is 9.96 Å². The van der Waals surface area contributed by atoms with E-state index in [2.05, 4.69) is 0 Å². The van der Waals surface area contributed by atoms with Gasteiger partial charge in [-0.3, -0.25) is 19.3 Å². The summed E-state index contributed by atoms with van der Waals surface area (Å²) >= 11 is 0. The Balaban J connectivity index is 2.29. The molecule has 0 aliphatic heterocycles. The van der Waals surface area contributed by atoms with Crippen molar-refractivity contribution in [3.05, 3.63) is 57.8 Å². The zero-order valence-corrected chi connectivity index (χ0v) is 21.0. The smallest absolute Gasteiger partial charge is 0.255 e. The van der Waals surface area contributed by atoms with E-state index in [0.29, 0.717) is 12.1 Å². The molecule has 0 heterocycles. The van der Waals surface area contributed by atoms with E-state index in [1.807, 2.05) is 0 Å². The van der Waals surface area contributed by atoms with Crippen LogP contribution in [0, 0.1) is 11.8 Å². The van der Waals surface area contributed by atoms with Crippen molar-refractivity contribution in [3.8, 4) is 0 Å². The van der Waals surface area contributed by atoms with Crippen LogP contribution >= 0.6 is 0 Å². The molecule has 0 aromatic rings. The van der Waals surface area contributed by atoms with Gasteiger partial charge in [0.05, 0.1) is 18.7 Å². The third kappa shape index (κ3) is 4.17. The SMILES string of the molecule is C\C=C/C(O)=C1/C(O)=C2C(=O)[C@]3(O)C(O)=C(C(N)=O)C(=O)[C@@H](N(C)C)[C@@H]3C[C@@H]2C/C1=C\CN(C)OC. The van der Waals surface area contributed by atoms with E-state index in [1.165, 1.54) is 23.1 Å². The number of allylic oxidation sites excluding steroid dienone is 3. The average Bonchev–Trinajstić information content (AvgIpc) is 2.79. The Kier molecular flexibility index (Phi) is 7.61. The normalized spacial score (nSPS) is 31.6. The van der Waals surface area contributed by atoms with Gasteiger partial charge in [0.1, 0.15) is 22.9 Å². The maximum atomic E-state index is 13.8. The van der Waals surface area contributed by atoms with Crippen LogP contribution in [0.2, 0.25) is 0 Å². The number of ketones is 2. The first kappa shape index (κ1) is 27.3. The monoisotopic (exact) mass is 503 g/mol. The molecule has 3 aliphatic carbocycles. The minimum atomic E-state index is -2.66. The van der Waals surface area contributed by atoms with Crippen LogP contribution < -0.4 is 5.73 Å². The number of rotatable bonds is 6. The van der Waals surface area contributed by atoms with Crippen LogP contribution in [0.5, 0.6) is 0 Å². The number of amides is 1. The van der Waals surface area contributed by atoms with Gasteiger partial charge in [0.25, 0.3) is 5.91 Å². The van der Waals surface area contributed by atoms with E-state index >= 15 is 0 Å². The van der Waals surface area contributed by atoms with Crippen LogP contribution in [0.4, 0.5) is 0 Å². The lowest BCUT2D eigenvalue weighted by atomic mass is 9.57. The molecule has 3 rings (SSSR count). The van der Waals surface area contributed by atoms with Crippen LogP contribution in [-0.4, -0.2) is 94.3 Å². The molecular weight excluding hydrogens is 470 g/mol. The predicted octanol–water partition coefficient (Wildman–Crippen LogP) is 0.757. The first-order valence-corrected chi connectivity index (χ1v) is 11.5. The van der Waals surface area contributed by atoms with E-state index in [1.54, 1.807) is 40.2 Å². The maximum absolute atomic E-state index is 13.8. The van der Waals surface area contributed by atoms with Crippen LogP contribution in [0.3, 0.4) is 0 Å². The minimum absolute atomic E-state index is 0.00823. The molecule has 1 fully saturated rings. The van der Waals surface area contributed by atoms with Crippen molar-refractivity contribution in [2.45, 2.75) is 31.4 Å². The molecule has 6 N–H and O–H groups in total. The largest absolute Gasteiger partial charge is 0.508 e. The van der Waals surface area contributed by atoms with Gasteiger partial charge in [-0.05, 0) is 51.4 Å². The summed E-state index contributed by atoms with van der Waals surface area (Å²) in [5.74, 6) is -6.81. The van der Waals surface area contributed by atoms with E-state index in [4.69, 9.17) is 10.6 Å². The van der Waals surface area contributed by atoms with E-state index < -0.39 is 58.0 Å². The van der Waals surface area contributed by atoms with Crippen LogP contribution in [-0.2, 0) is 19.2 Å². The lowest BCUT2D eigenvalue weighted by molar-refractivity contribution is -0.154. The summed E-state index contributed by atoms with van der Waals surface area (Å²) in [4.78, 5) is 45.6. The Hall–Kier alpha value is -3.25. The van der Waals surface area contributed by atoms with E-state index in [-0.39, 0.29) is 29.7 Å². The highest BCUT2D eigenvalue weighted by atomic mass is 16.7. The average molecular weight is 504 g/mol. The second kappa shape index (κ2) is 10.0. The number of primary amides is 1. The Morgan fingerprint density at radius 1 is 1.25 bits per heavy atom. The second-order valence-corrected chi connectivity index (χ2v) is 9.44. The Morgan fingerprint density at radius 3 is 2.42 bits per heavy atom. The summed E-state index contributed by atoms with van der Waals surface area (Å²) in [7, 11) is 6.30. The van der Waals surface area contributed by atoms with Gasteiger partial charge in [0.15, 0.2) is 11.4 Å². The molecule has 0 aromatic heterocycles. The lowest BCUT2D eigenvalue weighted by Gasteiger charge is -2.50. The first-order chi connectivity index (χ1) is 16.8. The zero-order chi connectivity index (χ0) is 27.1. The Morgan fingerprint density at radius 2 is 1.89 bits per heavy atom. The number of fused-ring (bicyclic) bond motifs is 2. The molecule has 3 aliphatic rings. The molecule has 0 aromatic carbocycles. The molecule has 11 heteroatoms. The number of Topliss-reactive ketones (excluding diaryl/α,β-unsaturated/α-hetero) is 2. The highest BCUT2D eigenvalue weighted by molar-refractivity contribution is 6.24. The topological polar surface area (TPSA) is 174 Å². The van der Waals surface area contributed by atoms with Gasteiger partial charge in [0.2, 0.25) is 5.78 Å². The van der Waals surface area contributed by atoms with E-state index in [0.717, 1.165) is 0 Å². The van der Waals surface area contributed by atoms with Crippen molar-refractivity contribution in [2.75, 3.05) is 34.8 Å². The van der Waals surface area contributed by atoms with Gasteiger partial charge in [-0.25, -0.2) is 0 Å². The highest BCUT2D eigenvalue weighted by Gasteiger charge is 2.64. The number of likely N-dealkylation sites (N-methyl/N-ethyl adjacent to an activating group) is 2. The minimum Gasteiger partial charge on any atom is -0.508 e. The quantitative estimate of drug-likeness (QED) is 0.198. The van der Waals surface area contributed by atoms with Crippen molar-refractivity contribution in [2.24, 2.45) is 17.6 Å². The highest BCUT2D eigenvalue weighted by Crippen LogP contribution is 2.53. The number of hydrogen-bond acceptors (Lipinski definition) is 10. The van der Waals surface area contributed by atoms with Gasteiger partial charge in [-0.15, -0.1) is 0 Å². The van der Waals surface area contributed by atoms with Gasteiger partial charge in [-0.1, -0.05) is 12.2 Å². The van der Waals surface area contributed by atoms with Gasteiger partial charge in [-0.2, -0.15) is 5.06 Å². The van der Waals surface area contributed by atoms with Crippen molar-refractivity contribution < 1.29 is 39.6 Å². The molecule has 0 radical (unpaired) electrons. The summed E-state index contributed by atoms with van der Waals surface area (Å²) in [6.07, 6.45) is 4.89. The Labute approximate surface area is 209 Å². The molecule has 4 atom stereocenters. The molecule has 0 unspecified atom stereocenters. The zero-order valence-electron chi connectivity index (χ0n) is 21.0. The number of hydrogen-bond donors (Lipinski definition) is 5. The summed E-state index contributed by atoms with van der Waals surface area (Å²) in [5.41, 5.74) is 2.18. The second-order valence-electron chi connectivity index (χ2n) is 9.44. The Bertz CT molecular complexity index is 1150. The third-order valence-electron chi connectivity index (χ3n) is 7.14.